The maximum absolute atomic E-state index is 13.5. The zero-order chi connectivity index (χ0) is 16.2. The zero-order valence-electron chi connectivity index (χ0n) is 11.9. The average Bonchev–Trinajstić information content (AvgIpc) is 2.56. The van der Waals surface area contributed by atoms with Gasteiger partial charge in [-0.05, 0) is 24.3 Å². The SMILES string of the molecule is O=C(CSc1ccc2ccccc2n1)Nc1cc(F)ccc1F. The number of fused-ring (bicyclic) bond motifs is 1. The number of carbonyl (C=O) groups excluding carboxylic acids is 1. The van der Waals surface area contributed by atoms with Crippen LogP contribution in [0.15, 0.2) is 59.6 Å². The molecule has 6 heteroatoms. The highest BCUT2D eigenvalue weighted by atomic mass is 32.2. The van der Waals surface area contributed by atoms with Crippen LogP contribution >= 0.6 is 11.8 Å². The summed E-state index contributed by atoms with van der Waals surface area (Å²) in [5.41, 5.74) is 0.677. The summed E-state index contributed by atoms with van der Waals surface area (Å²) in [6.07, 6.45) is 0. The molecule has 0 fully saturated rings. The van der Waals surface area contributed by atoms with Crippen molar-refractivity contribution in [2.75, 3.05) is 11.1 Å². The van der Waals surface area contributed by atoms with E-state index >= 15 is 0 Å². The van der Waals surface area contributed by atoms with Crippen molar-refractivity contribution in [2.24, 2.45) is 0 Å². The minimum absolute atomic E-state index is 0.0568. The summed E-state index contributed by atoms with van der Waals surface area (Å²) in [5, 5.41) is 4.07. The molecule has 1 N–H and O–H groups in total. The summed E-state index contributed by atoms with van der Waals surface area (Å²) in [6.45, 7) is 0. The molecule has 0 bridgehead atoms. The number of aromatic nitrogens is 1. The van der Waals surface area contributed by atoms with Crippen LogP contribution < -0.4 is 5.32 Å². The van der Waals surface area contributed by atoms with Crippen LogP contribution in [0.4, 0.5) is 14.5 Å². The molecule has 0 aliphatic carbocycles. The van der Waals surface area contributed by atoms with Gasteiger partial charge in [0.1, 0.15) is 11.6 Å². The van der Waals surface area contributed by atoms with Crippen LogP contribution in [-0.2, 0) is 4.79 Å². The van der Waals surface area contributed by atoms with Crippen LogP contribution in [0.3, 0.4) is 0 Å². The van der Waals surface area contributed by atoms with E-state index in [4.69, 9.17) is 0 Å². The molecule has 0 saturated carbocycles. The Kier molecular flexibility index (Phi) is 4.52. The molecule has 1 amide bonds. The topological polar surface area (TPSA) is 42.0 Å². The minimum Gasteiger partial charge on any atom is -0.323 e. The van der Waals surface area contributed by atoms with E-state index in [1.165, 1.54) is 11.8 Å². The monoisotopic (exact) mass is 330 g/mol. The van der Waals surface area contributed by atoms with Crippen LogP contribution in [0.5, 0.6) is 0 Å². The van der Waals surface area contributed by atoms with Crippen molar-refractivity contribution in [3.8, 4) is 0 Å². The number of pyridine rings is 1. The highest BCUT2D eigenvalue weighted by Crippen LogP contribution is 2.21. The number of para-hydroxylation sites is 1. The molecule has 1 heterocycles. The molecule has 0 saturated heterocycles. The number of nitrogens with zero attached hydrogens (tertiary/aromatic N) is 1. The van der Waals surface area contributed by atoms with Gasteiger partial charge in [-0.3, -0.25) is 4.79 Å². The van der Waals surface area contributed by atoms with Crippen molar-refractivity contribution >= 4 is 34.3 Å². The summed E-state index contributed by atoms with van der Waals surface area (Å²) in [4.78, 5) is 16.3. The molecular weight excluding hydrogens is 318 g/mol. The third kappa shape index (κ3) is 3.84. The Labute approximate surface area is 135 Å². The number of anilines is 1. The summed E-state index contributed by atoms with van der Waals surface area (Å²) < 4.78 is 26.5. The predicted octanol–water partition coefficient (Wildman–Crippen LogP) is 4.24. The maximum Gasteiger partial charge on any atom is 0.234 e. The van der Waals surface area contributed by atoms with Gasteiger partial charge in [-0.15, -0.1) is 0 Å². The molecule has 0 aliphatic rings. The van der Waals surface area contributed by atoms with Gasteiger partial charge in [-0.2, -0.15) is 0 Å². The second kappa shape index (κ2) is 6.75. The maximum atomic E-state index is 13.5. The van der Waals surface area contributed by atoms with Gasteiger partial charge >= 0.3 is 0 Å². The van der Waals surface area contributed by atoms with Gasteiger partial charge in [0.2, 0.25) is 5.91 Å². The number of thioether (sulfide) groups is 1. The smallest absolute Gasteiger partial charge is 0.234 e. The fraction of sp³-hybridized carbons (Fsp3) is 0.0588. The molecule has 116 valence electrons. The third-order valence-corrected chi connectivity index (χ3v) is 4.06. The van der Waals surface area contributed by atoms with Gasteiger partial charge in [-0.1, -0.05) is 36.0 Å². The van der Waals surface area contributed by atoms with E-state index in [-0.39, 0.29) is 11.4 Å². The molecule has 3 rings (SSSR count). The lowest BCUT2D eigenvalue weighted by molar-refractivity contribution is -0.113. The van der Waals surface area contributed by atoms with Gasteiger partial charge in [0.15, 0.2) is 0 Å². The van der Waals surface area contributed by atoms with Crippen molar-refractivity contribution in [2.45, 2.75) is 5.03 Å². The van der Waals surface area contributed by atoms with Gasteiger partial charge in [-0.25, -0.2) is 13.8 Å². The number of halogens is 2. The average molecular weight is 330 g/mol. The van der Waals surface area contributed by atoms with E-state index in [2.05, 4.69) is 10.3 Å². The highest BCUT2D eigenvalue weighted by molar-refractivity contribution is 7.99. The van der Waals surface area contributed by atoms with E-state index in [0.29, 0.717) is 5.03 Å². The predicted molar refractivity (Wildman–Crippen MR) is 87.5 cm³/mol. The molecule has 0 radical (unpaired) electrons. The summed E-state index contributed by atoms with van der Waals surface area (Å²) in [7, 11) is 0. The molecule has 0 unspecified atom stereocenters. The van der Waals surface area contributed by atoms with Crippen molar-refractivity contribution in [1.29, 1.82) is 0 Å². The number of nitrogens with one attached hydrogen (secondary N) is 1. The van der Waals surface area contributed by atoms with Crippen LogP contribution in [0.2, 0.25) is 0 Å². The zero-order valence-corrected chi connectivity index (χ0v) is 12.7. The van der Waals surface area contributed by atoms with Crippen molar-refractivity contribution in [3.63, 3.8) is 0 Å². The van der Waals surface area contributed by atoms with Crippen molar-refractivity contribution in [1.82, 2.24) is 4.98 Å². The molecule has 23 heavy (non-hydrogen) atoms. The Balaban J connectivity index is 1.64. The summed E-state index contributed by atoms with van der Waals surface area (Å²) >= 11 is 1.23. The van der Waals surface area contributed by atoms with E-state index in [1.54, 1.807) is 0 Å². The number of hydrogen-bond donors (Lipinski definition) is 1. The number of rotatable bonds is 4. The minimum atomic E-state index is -0.673. The third-order valence-electron chi connectivity index (χ3n) is 3.13. The van der Waals surface area contributed by atoms with E-state index in [9.17, 15) is 13.6 Å². The van der Waals surface area contributed by atoms with E-state index < -0.39 is 17.5 Å². The second-order valence-electron chi connectivity index (χ2n) is 4.80. The molecule has 0 spiro atoms. The molecule has 2 aromatic carbocycles. The number of benzene rings is 2. The Morgan fingerprint density at radius 3 is 2.78 bits per heavy atom. The van der Waals surface area contributed by atoms with Gasteiger partial charge in [0, 0.05) is 11.5 Å². The Hall–Kier alpha value is -2.47. The fourth-order valence-corrected chi connectivity index (χ4v) is 2.73. The fourth-order valence-electron chi connectivity index (χ4n) is 2.05. The Morgan fingerprint density at radius 2 is 1.91 bits per heavy atom. The van der Waals surface area contributed by atoms with Crippen LogP contribution in [0, 0.1) is 11.6 Å². The first kappa shape index (κ1) is 15.4. The van der Waals surface area contributed by atoms with Crippen LogP contribution in [0.25, 0.3) is 10.9 Å². The summed E-state index contributed by atoms with van der Waals surface area (Å²) in [5.74, 6) is -1.64. The molecule has 0 atom stereocenters. The number of amides is 1. The summed E-state index contributed by atoms with van der Waals surface area (Å²) in [6, 6.07) is 14.3. The number of carbonyl (C=O) groups is 1. The first-order chi connectivity index (χ1) is 11.1. The molecule has 0 aliphatic heterocycles. The second-order valence-corrected chi connectivity index (χ2v) is 5.80. The van der Waals surface area contributed by atoms with Crippen molar-refractivity contribution < 1.29 is 13.6 Å². The van der Waals surface area contributed by atoms with Gasteiger partial charge in [0.05, 0.1) is 22.0 Å². The van der Waals surface area contributed by atoms with E-state index in [0.717, 1.165) is 29.1 Å². The van der Waals surface area contributed by atoms with Crippen molar-refractivity contribution in [3.05, 3.63) is 66.2 Å². The molecule has 1 aromatic heterocycles. The lowest BCUT2D eigenvalue weighted by Crippen LogP contribution is -2.15. The lowest BCUT2D eigenvalue weighted by Gasteiger charge is -2.06. The molecule has 3 nitrogen and oxygen atoms in total. The lowest BCUT2D eigenvalue weighted by atomic mass is 10.2. The first-order valence-electron chi connectivity index (χ1n) is 6.85. The largest absolute Gasteiger partial charge is 0.323 e. The van der Waals surface area contributed by atoms with Gasteiger partial charge in [0.25, 0.3) is 0 Å². The quantitative estimate of drug-likeness (QED) is 0.727. The Bertz CT molecular complexity index is 870. The van der Waals surface area contributed by atoms with Crippen LogP contribution in [-0.4, -0.2) is 16.6 Å². The molecular formula is C17H12F2N2OS. The standard InChI is InChI=1S/C17H12F2N2OS/c18-12-6-7-13(19)15(9-12)20-16(22)10-23-17-8-5-11-3-1-2-4-14(11)21-17/h1-9H,10H2,(H,20,22). The molecule has 3 aromatic rings. The van der Waals surface area contributed by atoms with E-state index in [1.807, 2.05) is 36.4 Å². The van der Waals surface area contributed by atoms with Crippen LogP contribution in [0.1, 0.15) is 0 Å². The highest BCUT2D eigenvalue weighted by Gasteiger charge is 2.09. The normalized spacial score (nSPS) is 10.7. The number of hydrogen-bond acceptors (Lipinski definition) is 3. The van der Waals surface area contributed by atoms with Gasteiger partial charge < -0.3 is 5.32 Å². The first-order valence-corrected chi connectivity index (χ1v) is 7.84. The Morgan fingerprint density at radius 1 is 1.09 bits per heavy atom.